The summed E-state index contributed by atoms with van der Waals surface area (Å²) in [6.45, 7) is 1.44. The molecule has 1 amide bonds. The van der Waals surface area contributed by atoms with Crippen molar-refractivity contribution in [3.8, 4) is 22.5 Å². The Hall–Kier alpha value is -4.12. The minimum absolute atomic E-state index is 0.146. The second-order valence-corrected chi connectivity index (χ2v) is 7.99. The van der Waals surface area contributed by atoms with E-state index in [9.17, 15) is 18.0 Å². The summed E-state index contributed by atoms with van der Waals surface area (Å²) in [5, 5.41) is 6.00. The molecule has 2 aromatic carbocycles. The first kappa shape index (κ1) is 26.5. The number of benzene rings is 2. The molecule has 11 heteroatoms. The number of aromatic amines is 1. The summed E-state index contributed by atoms with van der Waals surface area (Å²) in [6.07, 6.45) is 4.27. The van der Waals surface area contributed by atoms with Gasteiger partial charge < -0.3 is 20.4 Å². The molecule has 0 aliphatic carbocycles. The van der Waals surface area contributed by atoms with Crippen molar-refractivity contribution in [2.45, 2.75) is 12.1 Å². The molecule has 0 saturated carbocycles. The Labute approximate surface area is 209 Å². The average Bonchev–Trinajstić information content (AvgIpc) is 3.30. The number of rotatable bonds is 6. The Bertz CT molecular complexity index is 1370. The lowest BCUT2D eigenvalue weighted by molar-refractivity contribution is -0.106. The summed E-state index contributed by atoms with van der Waals surface area (Å²) in [6, 6.07) is 10.2. The molecular formula is C25H22F3N5O2S. The Morgan fingerprint density at radius 2 is 1.72 bits per heavy atom. The van der Waals surface area contributed by atoms with Crippen molar-refractivity contribution in [1.82, 2.24) is 15.0 Å². The van der Waals surface area contributed by atoms with Crippen molar-refractivity contribution in [3.05, 3.63) is 77.7 Å². The molecule has 0 unspecified atom stereocenters. The van der Waals surface area contributed by atoms with Crippen LogP contribution in [0.3, 0.4) is 0 Å². The normalized spacial score (nSPS) is 10.3. The van der Waals surface area contributed by atoms with Gasteiger partial charge >= 0.3 is 0 Å². The van der Waals surface area contributed by atoms with Crippen molar-refractivity contribution in [3.63, 3.8) is 0 Å². The molecule has 0 fully saturated rings. The van der Waals surface area contributed by atoms with Crippen LogP contribution >= 0.6 is 11.8 Å². The van der Waals surface area contributed by atoms with Gasteiger partial charge in [0.05, 0.1) is 17.1 Å². The second-order valence-electron chi connectivity index (χ2n) is 7.19. The van der Waals surface area contributed by atoms with Crippen molar-refractivity contribution < 1.29 is 22.8 Å². The van der Waals surface area contributed by atoms with Crippen molar-refractivity contribution in [1.29, 1.82) is 0 Å². The molecule has 0 atom stereocenters. The number of carbonyl (C=O) groups is 2. The number of aldehydes is 1. The molecule has 2 aromatic heterocycles. The predicted octanol–water partition coefficient (Wildman–Crippen LogP) is 5.78. The zero-order valence-corrected chi connectivity index (χ0v) is 20.3. The molecular weight excluding hydrogens is 491 g/mol. The van der Waals surface area contributed by atoms with Gasteiger partial charge in [0, 0.05) is 36.0 Å². The van der Waals surface area contributed by atoms with E-state index in [2.05, 4.69) is 25.6 Å². The third-order valence-electron chi connectivity index (χ3n) is 4.79. The van der Waals surface area contributed by atoms with E-state index in [1.165, 1.54) is 36.9 Å². The highest BCUT2D eigenvalue weighted by atomic mass is 32.2. The van der Waals surface area contributed by atoms with Gasteiger partial charge in [0.1, 0.15) is 29.6 Å². The minimum atomic E-state index is -0.904. The quantitative estimate of drug-likeness (QED) is 0.223. The van der Waals surface area contributed by atoms with E-state index in [1.807, 2.05) is 18.4 Å². The third-order valence-corrected chi connectivity index (χ3v) is 5.37. The van der Waals surface area contributed by atoms with Crippen LogP contribution in [0.4, 0.5) is 24.7 Å². The lowest BCUT2D eigenvalue weighted by Gasteiger charge is -2.10. The number of nitrogens with one attached hydrogen (secondary N) is 3. The number of amides is 1. The summed E-state index contributed by atoms with van der Waals surface area (Å²) in [5.74, 6) is -2.69. The predicted molar refractivity (Wildman–Crippen MR) is 135 cm³/mol. The zero-order valence-electron chi connectivity index (χ0n) is 19.5. The highest BCUT2D eigenvalue weighted by molar-refractivity contribution is 7.98. The molecule has 186 valence electrons. The number of thioether (sulfide) groups is 1. The molecule has 36 heavy (non-hydrogen) atoms. The number of aromatic nitrogens is 3. The number of nitrogens with zero attached hydrogens (tertiary/aromatic N) is 2. The summed E-state index contributed by atoms with van der Waals surface area (Å²) in [4.78, 5) is 33.3. The van der Waals surface area contributed by atoms with E-state index in [1.54, 1.807) is 13.2 Å². The number of hydrogen-bond acceptors (Lipinski definition) is 6. The SMILES string of the molecule is CC=O.CNc1cc(-c2[nH]c(SC)nc2-c2ccc(F)c(NC(=O)c3cc(F)cc(F)c3)c2)ccn1. The van der Waals surface area contributed by atoms with E-state index >= 15 is 0 Å². The fourth-order valence-corrected chi connectivity index (χ4v) is 3.62. The third kappa shape index (κ3) is 6.30. The van der Waals surface area contributed by atoms with Crippen LogP contribution in [-0.2, 0) is 4.79 Å². The summed E-state index contributed by atoms with van der Waals surface area (Å²) in [7, 11) is 1.76. The van der Waals surface area contributed by atoms with Crippen LogP contribution in [0.2, 0.25) is 0 Å². The Balaban J connectivity index is 0.00000115. The van der Waals surface area contributed by atoms with E-state index in [-0.39, 0.29) is 11.3 Å². The van der Waals surface area contributed by atoms with Crippen LogP contribution in [0, 0.1) is 17.5 Å². The van der Waals surface area contributed by atoms with Gasteiger partial charge in [-0.1, -0.05) is 11.8 Å². The second kappa shape index (κ2) is 12.0. The van der Waals surface area contributed by atoms with Gasteiger partial charge in [0.25, 0.3) is 5.91 Å². The standard InChI is InChI=1S/C23H18F3N5OS.C2H4O/c1-27-19-10-13(5-6-28-19)21-20(30-23(31-21)33-2)12-3-4-17(26)18(9-12)29-22(32)14-7-15(24)11-16(25)8-14;1-2-3/h3-11H,1-2H3,(H,27,28)(H,29,32)(H,30,31);2H,1H3. The van der Waals surface area contributed by atoms with Crippen molar-refractivity contribution >= 4 is 35.5 Å². The van der Waals surface area contributed by atoms with Gasteiger partial charge in [-0.2, -0.15) is 0 Å². The fourth-order valence-electron chi connectivity index (χ4n) is 3.24. The molecule has 4 aromatic rings. The molecule has 0 bridgehead atoms. The number of anilines is 2. The minimum Gasteiger partial charge on any atom is -0.373 e. The zero-order chi connectivity index (χ0) is 26.2. The highest BCUT2D eigenvalue weighted by Gasteiger charge is 2.18. The van der Waals surface area contributed by atoms with E-state index < -0.39 is 23.4 Å². The topological polar surface area (TPSA) is 99.8 Å². The molecule has 0 aliphatic rings. The van der Waals surface area contributed by atoms with Crippen LogP contribution in [0.25, 0.3) is 22.5 Å². The van der Waals surface area contributed by atoms with E-state index in [0.717, 1.165) is 24.0 Å². The molecule has 3 N–H and O–H groups in total. The Kier molecular flexibility index (Phi) is 8.85. The number of pyridine rings is 1. The van der Waals surface area contributed by atoms with Crippen LogP contribution in [0.1, 0.15) is 17.3 Å². The molecule has 2 heterocycles. The number of hydrogen-bond donors (Lipinski definition) is 3. The van der Waals surface area contributed by atoms with Crippen LogP contribution < -0.4 is 10.6 Å². The number of halogens is 3. The maximum atomic E-state index is 14.5. The maximum Gasteiger partial charge on any atom is 0.255 e. The number of carbonyl (C=O) groups excluding carboxylic acids is 2. The van der Waals surface area contributed by atoms with Gasteiger partial charge in [-0.3, -0.25) is 4.79 Å². The average molecular weight is 514 g/mol. The van der Waals surface area contributed by atoms with Gasteiger partial charge in [-0.15, -0.1) is 0 Å². The first-order valence-corrected chi connectivity index (χ1v) is 11.8. The fraction of sp³-hybridized carbons (Fsp3) is 0.120. The summed E-state index contributed by atoms with van der Waals surface area (Å²) < 4.78 is 41.4. The van der Waals surface area contributed by atoms with E-state index in [4.69, 9.17) is 4.79 Å². The first-order valence-electron chi connectivity index (χ1n) is 10.5. The molecule has 0 spiro atoms. The van der Waals surface area contributed by atoms with Gasteiger partial charge in [-0.25, -0.2) is 23.1 Å². The van der Waals surface area contributed by atoms with E-state index in [0.29, 0.717) is 34.0 Å². The van der Waals surface area contributed by atoms with Crippen molar-refractivity contribution in [2.75, 3.05) is 23.9 Å². The number of H-pyrrole nitrogens is 1. The monoisotopic (exact) mass is 513 g/mol. The highest BCUT2D eigenvalue weighted by Crippen LogP contribution is 2.34. The number of imidazole rings is 1. The summed E-state index contributed by atoms with van der Waals surface area (Å²) >= 11 is 1.41. The first-order chi connectivity index (χ1) is 17.3. The van der Waals surface area contributed by atoms with Crippen LogP contribution in [0.5, 0.6) is 0 Å². The molecule has 0 aliphatic heterocycles. The smallest absolute Gasteiger partial charge is 0.255 e. The molecule has 0 radical (unpaired) electrons. The molecule has 0 saturated heterocycles. The van der Waals surface area contributed by atoms with Crippen LogP contribution in [0.15, 0.2) is 59.9 Å². The molecule has 7 nitrogen and oxygen atoms in total. The van der Waals surface area contributed by atoms with Gasteiger partial charge in [0.15, 0.2) is 5.16 Å². The van der Waals surface area contributed by atoms with Crippen molar-refractivity contribution in [2.24, 2.45) is 0 Å². The summed E-state index contributed by atoms with van der Waals surface area (Å²) in [5.41, 5.74) is 2.16. The largest absolute Gasteiger partial charge is 0.373 e. The maximum absolute atomic E-state index is 14.5. The lowest BCUT2D eigenvalue weighted by Crippen LogP contribution is -2.13. The Morgan fingerprint density at radius 1 is 1.03 bits per heavy atom. The van der Waals surface area contributed by atoms with Gasteiger partial charge in [0.2, 0.25) is 0 Å². The Morgan fingerprint density at radius 3 is 2.36 bits per heavy atom. The molecule has 4 rings (SSSR count). The van der Waals surface area contributed by atoms with Gasteiger partial charge in [-0.05, 0) is 55.6 Å². The van der Waals surface area contributed by atoms with Crippen LogP contribution in [-0.4, -0.2) is 40.4 Å². The lowest BCUT2D eigenvalue weighted by atomic mass is 10.0.